The van der Waals surface area contributed by atoms with Crippen molar-refractivity contribution >= 4 is 29.0 Å². The van der Waals surface area contributed by atoms with E-state index in [4.69, 9.17) is 21.6 Å². The Labute approximate surface area is 127 Å². The van der Waals surface area contributed by atoms with Crippen molar-refractivity contribution in [2.24, 2.45) is 0 Å². The van der Waals surface area contributed by atoms with Crippen LogP contribution in [0.15, 0.2) is 42.5 Å². The van der Waals surface area contributed by atoms with Crippen molar-refractivity contribution in [1.82, 2.24) is 0 Å². The first kappa shape index (κ1) is 14.7. The fourth-order valence-corrected chi connectivity index (χ4v) is 1.98. The summed E-state index contributed by atoms with van der Waals surface area (Å²) >= 11 is 5.98. The van der Waals surface area contributed by atoms with Crippen LogP contribution < -0.4 is 15.4 Å². The standard InChI is InChI=1S/C15H12ClN3O2/c1-21-14-7-6-11(8-12(14)16)18-15(20)19-13-5-3-2-4-10(13)9-17/h2-8H,1H3,(H2,18,19,20). The maximum Gasteiger partial charge on any atom is 0.323 e. The lowest BCUT2D eigenvalue weighted by atomic mass is 10.2. The Bertz CT molecular complexity index is 710. The minimum Gasteiger partial charge on any atom is -0.495 e. The van der Waals surface area contributed by atoms with Gasteiger partial charge in [0.2, 0.25) is 0 Å². The minimum absolute atomic E-state index is 0.389. The Hall–Kier alpha value is -2.71. The highest BCUT2D eigenvalue weighted by molar-refractivity contribution is 6.32. The van der Waals surface area contributed by atoms with Gasteiger partial charge in [-0.05, 0) is 30.3 Å². The second-order valence-corrected chi connectivity index (χ2v) is 4.49. The third kappa shape index (κ3) is 3.65. The van der Waals surface area contributed by atoms with E-state index in [1.807, 2.05) is 6.07 Å². The van der Waals surface area contributed by atoms with Crippen LogP contribution in [0.1, 0.15) is 5.56 Å². The Kier molecular flexibility index (Phi) is 4.64. The first-order chi connectivity index (χ1) is 10.1. The predicted octanol–water partition coefficient (Wildman–Crippen LogP) is 3.86. The van der Waals surface area contributed by atoms with Gasteiger partial charge in [-0.15, -0.1) is 0 Å². The van der Waals surface area contributed by atoms with Crippen molar-refractivity contribution in [1.29, 1.82) is 5.26 Å². The van der Waals surface area contributed by atoms with E-state index >= 15 is 0 Å². The molecule has 0 unspecified atom stereocenters. The fraction of sp³-hybridized carbons (Fsp3) is 0.0667. The van der Waals surface area contributed by atoms with Gasteiger partial charge in [0.15, 0.2) is 0 Å². The first-order valence-electron chi connectivity index (χ1n) is 6.04. The molecule has 2 rings (SSSR count). The number of urea groups is 1. The predicted molar refractivity (Wildman–Crippen MR) is 81.8 cm³/mol. The van der Waals surface area contributed by atoms with E-state index < -0.39 is 6.03 Å². The number of hydrogen-bond acceptors (Lipinski definition) is 3. The largest absolute Gasteiger partial charge is 0.495 e. The molecule has 2 N–H and O–H groups in total. The van der Waals surface area contributed by atoms with Gasteiger partial charge in [0.05, 0.1) is 23.4 Å². The molecule has 2 amide bonds. The highest BCUT2D eigenvalue weighted by Crippen LogP contribution is 2.27. The smallest absolute Gasteiger partial charge is 0.323 e. The summed E-state index contributed by atoms with van der Waals surface area (Å²) in [6.07, 6.45) is 0. The molecule has 0 aromatic heterocycles. The van der Waals surface area contributed by atoms with Gasteiger partial charge >= 0.3 is 6.03 Å². The van der Waals surface area contributed by atoms with Gasteiger partial charge in [0.25, 0.3) is 0 Å². The summed E-state index contributed by atoms with van der Waals surface area (Å²) < 4.78 is 5.03. The minimum atomic E-state index is -0.459. The average molecular weight is 302 g/mol. The van der Waals surface area contributed by atoms with Gasteiger partial charge in [-0.3, -0.25) is 0 Å². The summed E-state index contributed by atoms with van der Waals surface area (Å²) in [5.74, 6) is 0.525. The second kappa shape index (κ2) is 6.64. The van der Waals surface area contributed by atoms with E-state index in [1.165, 1.54) is 7.11 Å². The Morgan fingerprint density at radius 2 is 2.00 bits per heavy atom. The molecule has 6 heteroatoms. The van der Waals surface area contributed by atoms with Crippen LogP contribution in [-0.2, 0) is 0 Å². The number of methoxy groups -OCH3 is 1. The van der Waals surface area contributed by atoms with E-state index in [9.17, 15) is 4.79 Å². The molecule has 0 heterocycles. The van der Waals surface area contributed by atoms with Crippen molar-refractivity contribution in [3.63, 3.8) is 0 Å². The number of amides is 2. The Morgan fingerprint density at radius 1 is 1.24 bits per heavy atom. The van der Waals surface area contributed by atoms with Crippen LogP contribution in [0.25, 0.3) is 0 Å². The summed E-state index contributed by atoms with van der Waals surface area (Å²) in [6.45, 7) is 0. The molecule has 0 aliphatic rings. The summed E-state index contributed by atoms with van der Waals surface area (Å²) in [4.78, 5) is 11.9. The summed E-state index contributed by atoms with van der Waals surface area (Å²) in [5, 5.41) is 14.6. The van der Waals surface area contributed by atoms with Gasteiger partial charge in [0.1, 0.15) is 11.8 Å². The molecule has 0 saturated carbocycles. The van der Waals surface area contributed by atoms with Gasteiger partial charge in [0, 0.05) is 5.69 Å². The number of halogens is 1. The summed E-state index contributed by atoms with van der Waals surface area (Å²) in [6, 6.07) is 13.2. The van der Waals surface area contributed by atoms with Crippen molar-refractivity contribution < 1.29 is 9.53 Å². The molecule has 21 heavy (non-hydrogen) atoms. The number of hydrogen-bond donors (Lipinski definition) is 2. The highest BCUT2D eigenvalue weighted by Gasteiger charge is 2.08. The number of carbonyl (C=O) groups excluding carboxylic acids is 1. The number of para-hydroxylation sites is 1. The topological polar surface area (TPSA) is 74.2 Å². The summed E-state index contributed by atoms with van der Waals surface area (Å²) in [5.41, 5.74) is 1.35. The maximum atomic E-state index is 11.9. The molecule has 5 nitrogen and oxygen atoms in total. The normalized spacial score (nSPS) is 9.57. The van der Waals surface area contributed by atoms with Crippen LogP contribution in [0.2, 0.25) is 5.02 Å². The van der Waals surface area contributed by atoms with E-state index in [-0.39, 0.29) is 0 Å². The lowest BCUT2D eigenvalue weighted by Crippen LogP contribution is -2.20. The fourth-order valence-electron chi connectivity index (χ4n) is 1.72. The number of rotatable bonds is 3. The van der Waals surface area contributed by atoms with Crippen LogP contribution >= 0.6 is 11.6 Å². The molecule has 2 aromatic rings. The van der Waals surface area contributed by atoms with Crippen molar-refractivity contribution in [2.75, 3.05) is 17.7 Å². The number of nitrogens with zero attached hydrogens (tertiary/aromatic N) is 1. The van der Waals surface area contributed by atoms with E-state index in [0.717, 1.165) is 0 Å². The number of ether oxygens (including phenoxy) is 1. The molecule has 0 radical (unpaired) electrons. The zero-order chi connectivity index (χ0) is 15.2. The van der Waals surface area contributed by atoms with E-state index in [1.54, 1.807) is 42.5 Å². The van der Waals surface area contributed by atoms with Gasteiger partial charge in [-0.25, -0.2) is 4.79 Å². The summed E-state index contributed by atoms with van der Waals surface area (Å²) in [7, 11) is 1.51. The van der Waals surface area contributed by atoms with Crippen LogP contribution in [0, 0.1) is 11.3 Å². The number of nitrogens with one attached hydrogen (secondary N) is 2. The SMILES string of the molecule is COc1ccc(NC(=O)Nc2ccccc2C#N)cc1Cl. The van der Waals surface area contributed by atoms with Crippen LogP contribution in [0.5, 0.6) is 5.75 Å². The van der Waals surface area contributed by atoms with E-state index in [0.29, 0.717) is 27.7 Å². The van der Waals surface area contributed by atoms with Crippen molar-refractivity contribution in [3.8, 4) is 11.8 Å². The molecule has 0 fully saturated rings. The lowest BCUT2D eigenvalue weighted by Gasteiger charge is -2.10. The Balaban J connectivity index is 2.08. The zero-order valence-corrected chi connectivity index (χ0v) is 11.9. The molecule has 0 saturated heterocycles. The molecule has 0 spiro atoms. The van der Waals surface area contributed by atoms with Crippen molar-refractivity contribution in [3.05, 3.63) is 53.1 Å². The monoisotopic (exact) mass is 301 g/mol. The quantitative estimate of drug-likeness (QED) is 0.904. The molecular formula is C15H12ClN3O2. The Morgan fingerprint density at radius 3 is 2.67 bits per heavy atom. The highest BCUT2D eigenvalue weighted by atomic mass is 35.5. The van der Waals surface area contributed by atoms with Crippen LogP contribution in [0.3, 0.4) is 0 Å². The molecule has 0 aliphatic carbocycles. The average Bonchev–Trinajstić information content (AvgIpc) is 2.48. The number of carbonyl (C=O) groups is 1. The molecule has 106 valence electrons. The van der Waals surface area contributed by atoms with Crippen LogP contribution in [-0.4, -0.2) is 13.1 Å². The first-order valence-corrected chi connectivity index (χ1v) is 6.42. The number of nitriles is 1. The molecule has 0 bridgehead atoms. The molecule has 0 aliphatic heterocycles. The zero-order valence-electron chi connectivity index (χ0n) is 11.2. The lowest BCUT2D eigenvalue weighted by molar-refractivity contribution is 0.262. The van der Waals surface area contributed by atoms with Gasteiger partial charge in [-0.2, -0.15) is 5.26 Å². The maximum absolute atomic E-state index is 11.9. The molecule has 2 aromatic carbocycles. The molecular weight excluding hydrogens is 290 g/mol. The van der Waals surface area contributed by atoms with Crippen molar-refractivity contribution in [2.45, 2.75) is 0 Å². The van der Waals surface area contributed by atoms with Gasteiger partial charge in [-0.1, -0.05) is 23.7 Å². The second-order valence-electron chi connectivity index (χ2n) is 4.09. The van der Waals surface area contributed by atoms with Crippen LogP contribution in [0.4, 0.5) is 16.2 Å². The van der Waals surface area contributed by atoms with Gasteiger partial charge < -0.3 is 15.4 Å². The number of anilines is 2. The molecule has 0 atom stereocenters. The van der Waals surface area contributed by atoms with E-state index in [2.05, 4.69) is 10.6 Å². The number of benzene rings is 2. The third-order valence-corrected chi connectivity index (χ3v) is 3.00. The third-order valence-electron chi connectivity index (χ3n) is 2.71.